The maximum absolute atomic E-state index is 2.65. The molecule has 6 rings (SSSR count). The Kier molecular flexibility index (Phi) is 8.99. The summed E-state index contributed by atoms with van der Waals surface area (Å²) in [5, 5.41) is 5.64. The van der Waals surface area contributed by atoms with E-state index in [0.29, 0.717) is 19.2 Å². The van der Waals surface area contributed by atoms with Crippen molar-refractivity contribution in [3.05, 3.63) is 106 Å². The van der Waals surface area contributed by atoms with Gasteiger partial charge >= 0.3 is 225 Å². The van der Waals surface area contributed by atoms with E-state index in [4.69, 9.17) is 0 Å². The van der Waals surface area contributed by atoms with Crippen LogP contribution < -0.4 is 24.8 Å². The molecular weight excluding hydrogens is 686 g/mol. The van der Waals surface area contributed by atoms with Crippen molar-refractivity contribution in [3.8, 4) is 0 Å². The summed E-state index contributed by atoms with van der Waals surface area (Å²) < 4.78 is 1.39. The number of halogens is 2. The van der Waals surface area contributed by atoms with Gasteiger partial charge in [0.15, 0.2) is 0 Å². The fraction of sp³-hybridized carbons (Fsp3) is 0.294. The molecule has 0 nitrogen and oxygen atoms in total. The van der Waals surface area contributed by atoms with Gasteiger partial charge in [-0.15, -0.1) is 0 Å². The Morgan fingerprint density at radius 1 is 0.579 bits per heavy atom. The summed E-state index contributed by atoms with van der Waals surface area (Å²) in [7, 11) is 0. The molecule has 0 spiro atoms. The van der Waals surface area contributed by atoms with Gasteiger partial charge in [0.05, 0.1) is 0 Å². The van der Waals surface area contributed by atoms with E-state index in [1.54, 1.807) is 22.3 Å². The molecule has 4 aromatic carbocycles. The monoisotopic (exact) mass is 722 g/mol. The molecule has 194 valence electrons. The molecule has 0 bridgehead atoms. The summed E-state index contributed by atoms with van der Waals surface area (Å²) in [5.41, 5.74) is 9.40. The van der Waals surface area contributed by atoms with E-state index in [-0.39, 0.29) is 24.8 Å². The molecular formula is C34H36Cl2HfSi. The average Bonchev–Trinajstić information content (AvgIpc) is 3.44. The zero-order valence-electron chi connectivity index (χ0n) is 23.1. The number of rotatable bonds is 4. The number of benzene rings is 4. The molecule has 0 amide bonds. The van der Waals surface area contributed by atoms with Crippen LogP contribution in [0.15, 0.2) is 83.9 Å². The van der Waals surface area contributed by atoms with Crippen molar-refractivity contribution < 1.29 is 44.9 Å². The Morgan fingerprint density at radius 3 is 1.34 bits per heavy atom. The second-order valence-electron chi connectivity index (χ2n) is 11.5. The Labute approximate surface area is 248 Å². The zero-order valence-corrected chi connectivity index (χ0v) is 29.3. The predicted molar refractivity (Wildman–Crippen MR) is 156 cm³/mol. The van der Waals surface area contributed by atoms with E-state index in [9.17, 15) is 0 Å². The third kappa shape index (κ3) is 4.74. The van der Waals surface area contributed by atoms with E-state index in [2.05, 4.69) is 126 Å². The van der Waals surface area contributed by atoms with Crippen molar-refractivity contribution in [2.45, 2.75) is 48.1 Å². The third-order valence-corrected chi connectivity index (χ3v) is 35.9. The van der Waals surface area contributed by atoms with Crippen molar-refractivity contribution in [2.24, 2.45) is 11.8 Å². The van der Waals surface area contributed by atoms with Gasteiger partial charge in [-0.2, -0.15) is 0 Å². The van der Waals surface area contributed by atoms with Crippen molar-refractivity contribution in [3.63, 3.8) is 0 Å². The summed E-state index contributed by atoms with van der Waals surface area (Å²) in [6, 6.07) is 27.8. The van der Waals surface area contributed by atoms with E-state index in [1.165, 1.54) is 32.7 Å². The van der Waals surface area contributed by atoms with E-state index < -0.39 is 25.6 Å². The van der Waals surface area contributed by atoms with Gasteiger partial charge in [0.1, 0.15) is 0 Å². The molecule has 0 aliphatic heterocycles. The molecule has 4 aromatic rings. The minimum Gasteiger partial charge on any atom is -1.00 e. The van der Waals surface area contributed by atoms with Crippen molar-refractivity contribution in [2.75, 3.05) is 0 Å². The summed E-state index contributed by atoms with van der Waals surface area (Å²) in [5.74, 6) is 1.18. The first kappa shape index (κ1) is 29.5. The summed E-state index contributed by atoms with van der Waals surface area (Å²) in [6.07, 6.45) is 5.25. The number of allylic oxidation sites excluding steroid dienone is 2. The molecule has 0 aromatic heterocycles. The van der Waals surface area contributed by atoms with Gasteiger partial charge < -0.3 is 24.8 Å². The van der Waals surface area contributed by atoms with E-state index in [0.717, 1.165) is 0 Å². The molecule has 2 unspecified atom stereocenters. The molecule has 2 atom stereocenters. The molecule has 0 heterocycles. The average molecular weight is 722 g/mol. The topological polar surface area (TPSA) is 0 Å². The molecule has 2 aliphatic carbocycles. The molecule has 0 saturated heterocycles. The Morgan fingerprint density at radius 2 is 0.974 bits per heavy atom. The van der Waals surface area contributed by atoms with Gasteiger partial charge in [-0.3, -0.25) is 0 Å². The van der Waals surface area contributed by atoms with Gasteiger partial charge in [0, 0.05) is 0 Å². The van der Waals surface area contributed by atoms with Gasteiger partial charge in [0.25, 0.3) is 0 Å². The predicted octanol–water partition coefficient (Wildman–Crippen LogP) is 3.76. The summed E-state index contributed by atoms with van der Waals surface area (Å²) >= 11 is -2.33. The fourth-order valence-corrected chi connectivity index (χ4v) is 36.6. The fourth-order valence-electron chi connectivity index (χ4n) is 6.75. The standard InChI is InChI=1S/2C16H15.C2H6Si.2ClH.Hf/c2*1-11(2)14-9-13-8-7-12-5-3-4-6-15(12)16(13)10-14;1-3-2;;;/h2*3-11H,1-2H3;1-2H3;2*1H;/q;;;;;+2/p-2. The molecule has 0 fully saturated rings. The van der Waals surface area contributed by atoms with Crippen molar-refractivity contribution in [1.82, 2.24) is 0 Å². The molecule has 0 saturated carbocycles. The molecule has 4 heteroatoms. The Bertz CT molecular complexity index is 1510. The van der Waals surface area contributed by atoms with Crippen LogP contribution >= 0.6 is 0 Å². The largest absolute Gasteiger partial charge is 1.00 e. The van der Waals surface area contributed by atoms with Crippen LogP contribution in [0.25, 0.3) is 33.7 Å². The minimum atomic E-state index is -2.33. The quantitative estimate of drug-likeness (QED) is 0.282. The maximum atomic E-state index is 2.65. The molecule has 2 aliphatic rings. The summed E-state index contributed by atoms with van der Waals surface area (Å²) in [6.45, 7) is 15.0. The normalized spacial score (nSPS) is 17.3. The van der Waals surface area contributed by atoms with Crippen molar-refractivity contribution in [1.29, 1.82) is 0 Å². The van der Waals surface area contributed by atoms with Crippen LogP contribution in [0.1, 0.15) is 57.3 Å². The van der Waals surface area contributed by atoms with Crippen LogP contribution in [-0.2, 0) is 20.1 Å². The summed E-state index contributed by atoms with van der Waals surface area (Å²) in [4.78, 5) is 0. The smallest absolute Gasteiger partial charge is 1.00 e. The van der Waals surface area contributed by atoms with Crippen LogP contribution in [-0.4, -0.2) is 5.49 Å². The van der Waals surface area contributed by atoms with Gasteiger partial charge in [-0.25, -0.2) is 0 Å². The Hall–Kier alpha value is -1.45. The molecule has 38 heavy (non-hydrogen) atoms. The van der Waals surface area contributed by atoms with Crippen LogP contribution in [0.3, 0.4) is 0 Å². The minimum absolute atomic E-state index is 0. The second-order valence-corrected chi connectivity index (χ2v) is 36.4. The van der Waals surface area contributed by atoms with Crippen LogP contribution in [0, 0.1) is 11.8 Å². The van der Waals surface area contributed by atoms with Crippen LogP contribution in [0.2, 0.25) is 13.1 Å². The number of fused-ring (bicyclic) bond motifs is 6. The van der Waals surface area contributed by atoms with Gasteiger partial charge in [-0.05, 0) is 0 Å². The van der Waals surface area contributed by atoms with Crippen LogP contribution in [0.5, 0.6) is 0 Å². The maximum Gasteiger partial charge on any atom is -1.00 e. The van der Waals surface area contributed by atoms with E-state index in [1.807, 2.05) is 0 Å². The third-order valence-electron chi connectivity index (χ3n) is 8.45. The van der Waals surface area contributed by atoms with E-state index >= 15 is 0 Å². The first-order chi connectivity index (χ1) is 17.4. The molecule has 0 N–H and O–H groups in total. The Balaban J connectivity index is 0.00000168. The molecule has 0 radical (unpaired) electrons. The first-order valence-electron chi connectivity index (χ1n) is 13.5. The van der Waals surface area contributed by atoms with Gasteiger partial charge in [-0.1, -0.05) is 0 Å². The van der Waals surface area contributed by atoms with Crippen LogP contribution in [0.4, 0.5) is 0 Å². The zero-order chi connectivity index (χ0) is 25.1. The number of hydrogen-bond acceptors (Lipinski definition) is 0. The van der Waals surface area contributed by atoms with Gasteiger partial charge in [0.2, 0.25) is 0 Å². The second kappa shape index (κ2) is 11.6. The SMILES string of the molecule is CC(C)C1=Cc2c(ccc3ccccc23)[CH]1[Hf+2]([CH]1C(C(C)C)=Cc2c1ccc1ccccc21)=[Si](C)C.[Cl-].[Cl-]. The number of hydrogen-bond donors (Lipinski definition) is 0. The first-order valence-corrected chi connectivity index (χ1v) is 25.5. The van der Waals surface area contributed by atoms with Crippen molar-refractivity contribution >= 4 is 39.2 Å².